The zero-order chi connectivity index (χ0) is 16.7. The van der Waals surface area contributed by atoms with Crippen LogP contribution in [0.1, 0.15) is 33.6 Å². The molecule has 1 atom stereocenters. The van der Waals surface area contributed by atoms with Gasteiger partial charge in [-0.1, -0.05) is 19.9 Å². The standard InChI is InChI=1S/C16H22N2O4/c1-4-6-15(20)18(10-11(2)16(21)22)14-8-5-7-13(9-14)17-12(3)19/h5,7-9,11H,4,6,10H2,1-3H3,(H,17,19)(H,21,22). The first-order valence-corrected chi connectivity index (χ1v) is 7.26. The highest BCUT2D eigenvalue weighted by atomic mass is 16.4. The predicted octanol–water partition coefficient (Wildman–Crippen LogP) is 2.50. The highest BCUT2D eigenvalue weighted by Gasteiger charge is 2.21. The van der Waals surface area contributed by atoms with Crippen molar-refractivity contribution in [3.05, 3.63) is 24.3 Å². The minimum atomic E-state index is -0.952. The summed E-state index contributed by atoms with van der Waals surface area (Å²) in [6, 6.07) is 6.84. The average molecular weight is 306 g/mol. The number of carboxylic acids is 1. The van der Waals surface area contributed by atoms with E-state index in [1.807, 2.05) is 6.92 Å². The van der Waals surface area contributed by atoms with Gasteiger partial charge in [0.1, 0.15) is 0 Å². The Balaban J connectivity index is 3.06. The van der Waals surface area contributed by atoms with Crippen LogP contribution in [0.25, 0.3) is 0 Å². The Morgan fingerprint density at radius 1 is 1.32 bits per heavy atom. The van der Waals surface area contributed by atoms with Crippen molar-refractivity contribution in [1.29, 1.82) is 0 Å². The molecule has 0 heterocycles. The molecule has 22 heavy (non-hydrogen) atoms. The van der Waals surface area contributed by atoms with Gasteiger partial charge in [0.2, 0.25) is 11.8 Å². The molecule has 0 saturated carbocycles. The smallest absolute Gasteiger partial charge is 0.308 e. The lowest BCUT2D eigenvalue weighted by molar-refractivity contribution is -0.140. The molecule has 0 bridgehead atoms. The second kappa shape index (κ2) is 8.17. The number of amides is 2. The fraction of sp³-hybridized carbons (Fsp3) is 0.438. The molecular formula is C16H22N2O4. The largest absolute Gasteiger partial charge is 0.481 e. The van der Waals surface area contributed by atoms with Gasteiger partial charge >= 0.3 is 5.97 Å². The summed E-state index contributed by atoms with van der Waals surface area (Å²) in [5.41, 5.74) is 1.15. The second-order valence-corrected chi connectivity index (χ2v) is 5.23. The number of nitrogens with one attached hydrogen (secondary N) is 1. The van der Waals surface area contributed by atoms with Gasteiger partial charge in [-0.05, 0) is 24.6 Å². The van der Waals surface area contributed by atoms with Gasteiger partial charge in [0, 0.05) is 31.3 Å². The summed E-state index contributed by atoms with van der Waals surface area (Å²) in [6.45, 7) is 4.95. The molecule has 0 aliphatic rings. The molecule has 2 amide bonds. The lowest BCUT2D eigenvalue weighted by Crippen LogP contribution is -2.36. The van der Waals surface area contributed by atoms with E-state index >= 15 is 0 Å². The Kier molecular flexibility index (Phi) is 6.56. The SMILES string of the molecule is CCCC(=O)N(CC(C)C(=O)O)c1cccc(NC(C)=O)c1. The summed E-state index contributed by atoms with van der Waals surface area (Å²) in [7, 11) is 0. The molecule has 1 rings (SSSR count). The lowest BCUT2D eigenvalue weighted by atomic mass is 10.1. The van der Waals surface area contributed by atoms with Gasteiger partial charge in [-0.2, -0.15) is 0 Å². The molecule has 0 aromatic heterocycles. The maximum atomic E-state index is 12.3. The predicted molar refractivity (Wildman–Crippen MR) is 84.8 cm³/mol. The summed E-state index contributed by atoms with van der Waals surface area (Å²) in [5.74, 6) is -1.96. The number of carbonyl (C=O) groups excluding carboxylic acids is 2. The zero-order valence-electron chi connectivity index (χ0n) is 13.1. The number of carboxylic acid groups (broad SMARTS) is 1. The van der Waals surface area contributed by atoms with Crippen LogP contribution >= 0.6 is 0 Å². The molecule has 1 aromatic carbocycles. The lowest BCUT2D eigenvalue weighted by Gasteiger charge is -2.25. The highest BCUT2D eigenvalue weighted by Crippen LogP contribution is 2.22. The maximum Gasteiger partial charge on any atom is 0.308 e. The number of hydrogen-bond acceptors (Lipinski definition) is 3. The van der Waals surface area contributed by atoms with Crippen LogP contribution in [0.5, 0.6) is 0 Å². The fourth-order valence-corrected chi connectivity index (χ4v) is 2.01. The van der Waals surface area contributed by atoms with Crippen LogP contribution in [0, 0.1) is 5.92 Å². The molecule has 6 nitrogen and oxygen atoms in total. The van der Waals surface area contributed by atoms with Crippen molar-refractivity contribution < 1.29 is 19.5 Å². The van der Waals surface area contributed by atoms with Crippen LogP contribution in [0.15, 0.2) is 24.3 Å². The molecule has 120 valence electrons. The quantitative estimate of drug-likeness (QED) is 0.810. The molecular weight excluding hydrogens is 284 g/mol. The van der Waals surface area contributed by atoms with Crippen LogP contribution < -0.4 is 10.2 Å². The van der Waals surface area contributed by atoms with E-state index in [0.717, 1.165) is 0 Å². The molecule has 0 spiro atoms. The van der Waals surface area contributed by atoms with Crippen LogP contribution in [0.3, 0.4) is 0 Å². The fourth-order valence-electron chi connectivity index (χ4n) is 2.01. The molecule has 0 aliphatic heterocycles. The summed E-state index contributed by atoms with van der Waals surface area (Å²) in [5, 5.41) is 11.7. The Hall–Kier alpha value is -2.37. The summed E-state index contributed by atoms with van der Waals surface area (Å²) in [4.78, 5) is 35.9. The number of benzene rings is 1. The van der Waals surface area contributed by atoms with E-state index in [-0.39, 0.29) is 18.4 Å². The van der Waals surface area contributed by atoms with Crippen molar-refractivity contribution in [2.45, 2.75) is 33.6 Å². The Morgan fingerprint density at radius 2 is 2.00 bits per heavy atom. The molecule has 1 unspecified atom stereocenters. The Labute approximate surface area is 130 Å². The number of rotatable bonds is 7. The molecule has 0 aliphatic carbocycles. The monoisotopic (exact) mass is 306 g/mol. The maximum absolute atomic E-state index is 12.3. The third kappa shape index (κ3) is 5.20. The van der Waals surface area contributed by atoms with Gasteiger partial charge < -0.3 is 15.3 Å². The van der Waals surface area contributed by atoms with Gasteiger partial charge in [-0.25, -0.2) is 0 Å². The highest BCUT2D eigenvalue weighted by molar-refractivity contribution is 5.95. The topological polar surface area (TPSA) is 86.7 Å². The normalized spacial score (nSPS) is 11.6. The minimum absolute atomic E-state index is 0.0949. The Morgan fingerprint density at radius 3 is 2.55 bits per heavy atom. The van der Waals surface area contributed by atoms with Gasteiger partial charge in [-0.3, -0.25) is 14.4 Å². The number of aliphatic carboxylic acids is 1. The molecule has 2 N–H and O–H groups in total. The van der Waals surface area contributed by atoms with Crippen molar-refractivity contribution in [3.63, 3.8) is 0 Å². The second-order valence-electron chi connectivity index (χ2n) is 5.23. The Bertz CT molecular complexity index is 557. The third-order valence-electron chi connectivity index (χ3n) is 3.12. The van der Waals surface area contributed by atoms with Crippen LogP contribution in [-0.2, 0) is 14.4 Å². The number of nitrogens with zero attached hydrogens (tertiary/aromatic N) is 1. The van der Waals surface area contributed by atoms with Gasteiger partial charge in [0.25, 0.3) is 0 Å². The average Bonchev–Trinajstić information content (AvgIpc) is 2.44. The van der Waals surface area contributed by atoms with Crippen molar-refractivity contribution in [3.8, 4) is 0 Å². The molecule has 1 aromatic rings. The van der Waals surface area contributed by atoms with Crippen molar-refractivity contribution >= 4 is 29.2 Å². The summed E-state index contributed by atoms with van der Waals surface area (Å²) in [6.07, 6.45) is 1.03. The zero-order valence-corrected chi connectivity index (χ0v) is 13.1. The first-order valence-electron chi connectivity index (χ1n) is 7.26. The van der Waals surface area contributed by atoms with E-state index in [1.54, 1.807) is 31.2 Å². The summed E-state index contributed by atoms with van der Waals surface area (Å²) < 4.78 is 0. The van der Waals surface area contributed by atoms with Crippen molar-refractivity contribution in [2.24, 2.45) is 5.92 Å². The van der Waals surface area contributed by atoms with Crippen molar-refractivity contribution in [1.82, 2.24) is 0 Å². The minimum Gasteiger partial charge on any atom is -0.481 e. The van der Waals surface area contributed by atoms with E-state index in [0.29, 0.717) is 24.2 Å². The van der Waals surface area contributed by atoms with Crippen LogP contribution in [0.2, 0.25) is 0 Å². The molecule has 0 saturated heterocycles. The van der Waals surface area contributed by atoms with Crippen LogP contribution in [-0.4, -0.2) is 29.4 Å². The van der Waals surface area contributed by atoms with Gasteiger partial charge in [-0.15, -0.1) is 0 Å². The number of hydrogen-bond donors (Lipinski definition) is 2. The van der Waals surface area contributed by atoms with Crippen molar-refractivity contribution in [2.75, 3.05) is 16.8 Å². The van der Waals surface area contributed by atoms with E-state index in [9.17, 15) is 14.4 Å². The number of carbonyl (C=O) groups is 3. The molecule has 0 fully saturated rings. The number of anilines is 2. The van der Waals surface area contributed by atoms with E-state index in [2.05, 4.69) is 5.32 Å². The van der Waals surface area contributed by atoms with E-state index in [1.165, 1.54) is 11.8 Å². The van der Waals surface area contributed by atoms with Crippen LogP contribution in [0.4, 0.5) is 11.4 Å². The van der Waals surface area contributed by atoms with Gasteiger partial charge in [0.15, 0.2) is 0 Å². The summed E-state index contributed by atoms with van der Waals surface area (Å²) >= 11 is 0. The molecule has 0 radical (unpaired) electrons. The van der Waals surface area contributed by atoms with E-state index < -0.39 is 11.9 Å². The van der Waals surface area contributed by atoms with E-state index in [4.69, 9.17) is 5.11 Å². The van der Waals surface area contributed by atoms with Gasteiger partial charge in [0.05, 0.1) is 5.92 Å². The first kappa shape index (κ1) is 17.7. The molecule has 6 heteroatoms. The third-order valence-corrected chi connectivity index (χ3v) is 3.12. The first-order chi connectivity index (χ1) is 10.3.